The summed E-state index contributed by atoms with van der Waals surface area (Å²) >= 11 is 0. The molecule has 1 unspecified atom stereocenters. The van der Waals surface area contributed by atoms with Gasteiger partial charge in [-0.2, -0.15) is 5.10 Å². The van der Waals surface area contributed by atoms with Crippen molar-refractivity contribution < 1.29 is 9.53 Å². The zero-order valence-corrected chi connectivity index (χ0v) is 13.7. The molecule has 1 aromatic carbocycles. The van der Waals surface area contributed by atoms with Crippen molar-refractivity contribution in [3.05, 3.63) is 52.8 Å². The van der Waals surface area contributed by atoms with Gasteiger partial charge in [0.15, 0.2) is 0 Å². The Bertz CT molecular complexity index is 679. The van der Waals surface area contributed by atoms with Crippen LogP contribution in [0.15, 0.2) is 30.3 Å². The van der Waals surface area contributed by atoms with E-state index in [9.17, 15) is 4.79 Å². The molecule has 1 aliphatic rings. The van der Waals surface area contributed by atoms with E-state index in [0.717, 1.165) is 30.7 Å². The first-order valence-electron chi connectivity index (χ1n) is 8.11. The van der Waals surface area contributed by atoms with E-state index in [-0.39, 0.29) is 11.8 Å². The van der Waals surface area contributed by atoms with Gasteiger partial charge in [-0.15, -0.1) is 0 Å². The standard InChI is InChI=1S/C18H23N3O2/c1-13(14-6-4-3-5-7-14)18(22)19-10-8-16-15-12-23-11-9-17(15)21(2)20-16/h3-7,13H,8-12H2,1-2H3,(H,19,22). The molecule has 1 amide bonds. The molecule has 2 heterocycles. The summed E-state index contributed by atoms with van der Waals surface area (Å²) in [4.78, 5) is 12.3. The minimum Gasteiger partial charge on any atom is -0.376 e. The molecule has 0 radical (unpaired) electrons. The predicted molar refractivity (Wildman–Crippen MR) is 88.1 cm³/mol. The van der Waals surface area contributed by atoms with Crippen LogP contribution in [0.4, 0.5) is 0 Å². The van der Waals surface area contributed by atoms with Gasteiger partial charge in [0.2, 0.25) is 5.91 Å². The second-order valence-corrected chi connectivity index (χ2v) is 5.97. The van der Waals surface area contributed by atoms with E-state index in [1.54, 1.807) is 0 Å². The third-order valence-electron chi connectivity index (χ3n) is 4.44. The van der Waals surface area contributed by atoms with Crippen molar-refractivity contribution >= 4 is 5.91 Å². The van der Waals surface area contributed by atoms with E-state index in [0.29, 0.717) is 13.2 Å². The Balaban J connectivity index is 1.56. The Kier molecular flexibility index (Phi) is 4.76. The van der Waals surface area contributed by atoms with Crippen LogP contribution in [-0.2, 0) is 36.0 Å². The summed E-state index contributed by atoms with van der Waals surface area (Å²) in [7, 11) is 1.98. The monoisotopic (exact) mass is 313 g/mol. The van der Waals surface area contributed by atoms with Crippen LogP contribution < -0.4 is 5.32 Å². The summed E-state index contributed by atoms with van der Waals surface area (Å²) in [6.45, 7) is 3.92. The topological polar surface area (TPSA) is 56.2 Å². The molecule has 0 fully saturated rings. The SMILES string of the molecule is CC(C(=O)NCCc1nn(C)c2c1COCC2)c1ccccc1. The molecule has 1 N–H and O–H groups in total. The van der Waals surface area contributed by atoms with Crippen LogP contribution in [0.1, 0.15) is 35.4 Å². The Labute approximate surface area is 136 Å². The van der Waals surface area contributed by atoms with Crippen LogP contribution in [-0.4, -0.2) is 28.8 Å². The number of amides is 1. The van der Waals surface area contributed by atoms with Crippen LogP contribution in [0.3, 0.4) is 0 Å². The number of benzene rings is 1. The van der Waals surface area contributed by atoms with Gasteiger partial charge in [-0.3, -0.25) is 9.48 Å². The normalized spacial score (nSPS) is 15.0. The molecule has 0 saturated carbocycles. The van der Waals surface area contributed by atoms with Crippen LogP contribution in [0, 0.1) is 0 Å². The fraction of sp³-hybridized carbons (Fsp3) is 0.444. The quantitative estimate of drug-likeness (QED) is 0.918. The van der Waals surface area contributed by atoms with Crippen LogP contribution in [0.2, 0.25) is 0 Å². The van der Waals surface area contributed by atoms with Crippen molar-refractivity contribution in [2.75, 3.05) is 13.2 Å². The number of carbonyl (C=O) groups is 1. The summed E-state index contributed by atoms with van der Waals surface area (Å²) in [5.74, 6) is -0.0885. The number of hydrogen-bond acceptors (Lipinski definition) is 3. The highest BCUT2D eigenvalue weighted by Crippen LogP contribution is 2.20. The Morgan fingerprint density at radius 3 is 2.96 bits per heavy atom. The van der Waals surface area contributed by atoms with Gasteiger partial charge in [0.05, 0.1) is 24.8 Å². The lowest BCUT2D eigenvalue weighted by molar-refractivity contribution is -0.122. The van der Waals surface area contributed by atoms with Gasteiger partial charge in [-0.05, 0) is 12.5 Å². The van der Waals surface area contributed by atoms with Gasteiger partial charge < -0.3 is 10.1 Å². The van der Waals surface area contributed by atoms with E-state index in [1.165, 1.54) is 11.3 Å². The lowest BCUT2D eigenvalue weighted by Crippen LogP contribution is -2.30. The molecule has 3 rings (SSSR count). The molecule has 1 aliphatic heterocycles. The molecule has 5 nitrogen and oxygen atoms in total. The minimum absolute atomic E-state index is 0.0530. The maximum Gasteiger partial charge on any atom is 0.227 e. The minimum atomic E-state index is -0.141. The average Bonchev–Trinajstić information content (AvgIpc) is 2.91. The smallest absolute Gasteiger partial charge is 0.227 e. The average molecular weight is 313 g/mol. The van der Waals surface area contributed by atoms with E-state index in [1.807, 2.05) is 49.0 Å². The summed E-state index contributed by atoms with van der Waals surface area (Å²) in [5.41, 5.74) is 4.53. The predicted octanol–water partition coefficient (Wildman–Crippen LogP) is 1.96. The summed E-state index contributed by atoms with van der Waals surface area (Å²) in [6, 6.07) is 9.84. The molecule has 1 atom stereocenters. The summed E-state index contributed by atoms with van der Waals surface area (Å²) in [6.07, 6.45) is 1.65. The Morgan fingerprint density at radius 1 is 1.39 bits per heavy atom. The molecular formula is C18H23N3O2. The van der Waals surface area contributed by atoms with Crippen molar-refractivity contribution in [3.8, 4) is 0 Å². The first-order valence-corrected chi connectivity index (χ1v) is 8.11. The number of nitrogens with one attached hydrogen (secondary N) is 1. The zero-order valence-electron chi connectivity index (χ0n) is 13.7. The number of rotatable bonds is 5. The maximum atomic E-state index is 12.3. The fourth-order valence-corrected chi connectivity index (χ4v) is 3.04. The van der Waals surface area contributed by atoms with Crippen molar-refractivity contribution in [1.29, 1.82) is 0 Å². The molecule has 0 aliphatic carbocycles. The zero-order chi connectivity index (χ0) is 16.2. The number of hydrogen-bond donors (Lipinski definition) is 1. The lowest BCUT2D eigenvalue weighted by Gasteiger charge is -2.14. The number of nitrogens with zero attached hydrogens (tertiary/aromatic N) is 2. The number of aromatic nitrogens is 2. The second-order valence-electron chi connectivity index (χ2n) is 5.97. The van der Waals surface area contributed by atoms with Gasteiger partial charge in [0.25, 0.3) is 0 Å². The molecule has 0 saturated heterocycles. The van der Waals surface area contributed by atoms with E-state index >= 15 is 0 Å². The van der Waals surface area contributed by atoms with E-state index in [2.05, 4.69) is 10.4 Å². The lowest BCUT2D eigenvalue weighted by atomic mass is 10.0. The largest absolute Gasteiger partial charge is 0.376 e. The van der Waals surface area contributed by atoms with Gasteiger partial charge in [-0.1, -0.05) is 30.3 Å². The summed E-state index contributed by atoms with van der Waals surface area (Å²) < 4.78 is 7.48. The molecule has 2 aromatic rings. The molecule has 122 valence electrons. The second kappa shape index (κ2) is 6.96. The number of fused-ring (bicyclic) bond motifs is 1. The van der Waals surface area contributed by atoms with Gasteiger partial charge >= 0.3 is 0 Å². The van der Waals surface area contributed by atoms with Crippen LogP contribution in [0.25, 0.3) is 0 Å². The van der Waals surface area contributed by atoms with Crippen molar-refractivity contribution in [3.63, 3.8) is 0 Å². The van der Waals surface area contributed by atoms with Gasteiger partial charge in [0, 0.05) is 37.7 Å². The highest BCUT2D eigenvalue weighted by Gasteiger charge is 2.20. The highest BCUT2D eigenvalue weighted by molar-refractivity contribution is 5.83. The molecule has 5 heteroatoms. The maximum absolute atomic E-state index is 12.3. The van der Waals surface area contributed by atoms with Crippen molar-refractivity contribution in [1.82, 2.24) is 15.1 Å². The first kappa shape index (κ1) is 15.7. The fourth-order valence-electron chi connectivity index (χ4n) is 3.04. The van der Waals surface area contributed by atoms with Crippen LogP contribution >= 0.6 is 0 Å². The molecule has 1 aromatic heterocycles. The highest BCUT2D eigenvalue weighted by atomic mass is 16.5. The number of aryl methyl sites for hydroxylation is 1. The third kappa shape index (κ3) is 3.45. The number of carbonyl (C=O) groups excluding carboxylic acids is 1. The van der Waals surface area contributed by atoms with Crippen molar-refractivity contribution in [2.24, 2.45) is 7.05 Å². The Morgan fingerprint density at radius 2 is 2.17 bits per heavy atom. The Hall–Kier alpha value is -2.14. The van der Waals surface area contributed by atoms with Gasteiger partial charge in [-0.25, -0.2) is 0 Å². The molecule has 0 bridgehead atoms. The molecule has 0 spiro atoms. The molecular weight excluding hydrogens is 290 g/mol. The van der Waals surface area contributed by atoms with Gasteiger partial charge in [0.1, 0.15) is 0 Å². The number of ether oxygens (including phenoxy) is 1. The molecule has 23 heavy (non-hydrogen) atoms. The summed E-state index contributed by atoms with van der Waals surface area (Å²) in [5, 5.41) is 7.59. The van der Waals surface area contributed by atoms with Crippen LogP contribution in [0.5, 0.6) is 0 Å². The third-order valence-corrected chi connectivity index (χ3v) is 4.44. The van der Waals surface area contributed by atoms with E-state index < -0.39 is 0 Å². The first-order chi connectivity index (χ1) is 11.2. The van der Waals surface area contributed by atoms with Crippen molar-refractivity contribution in [2.45, 2.75) is 32.3 Å². The van der Waals surface area contributed by atoms with E-state index in [4.69, 9.17) is 4.74 Å².